The molecule has 0 aliphatic heterocycles. The fourth-order valence-electron chi connectivity index (χ4n) is 0.979. The van der Waals surface area contributed by atoms with Gasteiger partial charge < -0.3 is 0 Å². The highest BCUT2D eigenvalue weighted by Crippen LogP contribution is 2.29. The van der Waals surface area contributed by atoms with Gasteiger partial charge in [-0.25, -0.2) is 0 Å². The zero-order valence-corrected chi connectivity index (χ0v) is 7.45. The Morgan fingerprint density at radius 2 is 1.73 bits per heavy atom. The standard InChI is InChI=1S/C7H6F6N2/c1-4-2-5(7(11,12)13)14-15(4)3-6(8,9)10/h2H,3H2,1H3. The molecule has 0 unspecified atom stereocenters. The van der Waals surface area contributed by atoms with E-state index in [2.05, 4.69) is 5.10 Å². The van der Waals surface area contributed by atoms with E-state index in [9.17, 15) is 26.3 Å². The van der Waals surface area contributed by atoms with E-state index in [1.807, 2.05) is 0 Å². The van der Waals surface area contributed by atoms with Gasteiger partial charge in [-0.3, -0.25) is 4.68 Å². The summed E-state index contributed by atoms with van der Waals surface area (Å²) < 4.78 is 72.1. The van der Waals surface area contributed by atoms with Gasteiger partial charge in [-0.15, -0.1) is 0 Å². The van der Waals surface area contributed by atoms with E-state index in [0.717, 1.165) is 6.92 Å². The monoisotopic (exact) mass is 232 g/mol. The number of aromatic nitrogens is 2. The average Bonchev–Trinajstić information content (AvgIpc) is 2.27. The van der Waals surface area contributed by atoms with Crippen molar-refractivity contribution in [1.82, 2.24) is 9.78 Å². The minimum Gasteiger partial charge on any atom is -0.260 e. The molecule has 0 radical (unpaired) electrons. The molecule has 0 aliphatic carbocycles. The molecule has 1 aromatic heterocycles. The minimum atomic E-state index is -4.72. The summed E-state index contributed by atoms with van der Waals surface area (Å²) in [5.41, 5.74) is -1.50. The number of hydrogen-bond acceptors (Lipinski definition) is 1. The number of halogens is 6. The molecule has 86 valence electrons. The van der Waals surface area contributed by atoms with Gasteiger partial charge >= 0.3 is 12.4 Å². The predicted octanol–water partition coefficient (Wildman–Crippen LogP) is 2.77. The van der Waals surface area contributed by atoms with Crippen molar-refractivity contribution in [3.8, 4) is 0 Å². The van der Waals surface area contributed by atoms with E-state index < -0.39 is 24.6 Å². The summed E-state index contributed by atoms with van der Waals surface area (Å²) in [6.45, 7) is -0.386. The van der Waals surface area contributed by atoms with Crippen molar-refractivity contribution in [3.05, 3.63) is 17.5 Å². The second-order valence-electron chi connectivity index (χ2n) is 2.94. The van der Waals surface area contributed by atoms with Crippen molar-refractivity contribution < 1.29 is 26.3 Å². The summed E-state index contributed by atoms with van der Waals surface area (Å²) >= 11 is 0. The molecule has 0 saturated heterocycles. The number of rotatable bonds is 1. The molecule has 0 N–H and O–H groups in total. The van der Waals surface area contributed by atoms with Crippen LogP contribution in [0.1, 0.15) is 11.4 Å². The van der Waals surface area contributed by atoms with Crippen LogP contribution in [0.15, 0.2) is 6.07 Å². The van der Waals surface area contributed by atoms with Crippen LogP contribution in [0.2, 0.25) is 0 Å². The highest BCUT2D eigenvalue weighted by atomic mass is 19.4. The van der Waals surface area contributed by atoms with Crippen molar-refractivity contribution in [2.24, 2.45) is 0 Å². The van der Waals surface area contributed by atoms with Crippen molar-refractivity contribution in [1.29, 1.82) is 0 Å². The minimum absolute atomic E-state index is 0.181. The molecular formula is C7H6F6N2. The molecule has 0 atom stereocenters. The van der Waals surface area contributed by atoms with Gasteiger partial charge in [0, 0.05) is 5.69 Å². The summed E-state index contributed by atoms with van der Waals surface area (Å²) in [6.07, 6.45) is -9.30. The van der Waals surface area contributed by atoms with E-state index in [4.69, 9.17) is 0 Å². The zero-order chi connectivity index (χ0) is 11.9. The van der Waals surface area contributed by atoms with Gasteiger partial charge in [0.25, 0.3) is 0 Å². The lowest BCUT2D eigenvalue weighted by atomic mass is 10.4. The quantitative estimate of drug-likeness (QED) is 0.681. The Hall–Kier alpha value is -1.21. The molecule has 0 spiro atoms. The predicted molar refractivity (Wildman–Crippen MR) is 38.0 cm³/mol. The van der Waals surface area contributed by atoms with E-state index in [-0.39, 0.29) is 10.4 Å². The van der Waals surface area contributed by atoms with Crippen molar-refractivity contribution in [2.75, 3.05) is 0 Å². The number of nitrogens with zero attached hydrogens (tertiary/aromatic N) is 2. The molecule has 0 saturated carbocycles. The van der Waals surface area contributed by atoms with Crippen LogP contribution >= 0.6 is 0 Å². The van der Waals surface area contributed by atoms with E-state index in [1.54, 1.807) is 0 Å². The molecule has 0 aromatic carbocycles. The maximum atomic E-state index is 12.1. The Balaban J connectivity index is 2.97. The Labute approximate surface area is 80.5 Å². The highest BCUT2D eigenvalue weighted by molar-refractivity contribution is 5.11. The Bertz CT molecular complexity index is 347. The fourth-order valence-corrected chi connectivity index (χ4v) is 0.979. The molecule has 15 heavy (non-hydrogen) atoms. The lowest BCUT2D eigenvalue weighted by molar-refractivity contribution is -0.149. The smallest absolute Gasteiger partial charge is 0.260 e. The Morgan fingerprint density at radius 3 is 2.07 bits per heavy atom. The van der Waals surface area contributed by atoms with Crippen molar-refractivity contribution in [2.45, 2.75) is 25.8 Å². The first-order valence-corrected chi connectivity index (χ1v) is 3.78. The summed E-state index contributed by atoms with van der Waals surface area (Å²) in [4.78, 5) is 0. The van der Waals surface area contributed by atoms with Gasteiger partial charge in [0.15, 0.2) is 5.69 Å². The molecule has 1 heterocycles. The van der Waals surface area contributed by atoms with Gasteiger partial charge in [-0.1, -0.05) is 0 Å². The Kier molecular flexibility index (Phi) is 2.71. The van der Waals surface area contributed by atoms with E-state index >= 15 is 0 Å². The van der Waals surface area contributed by atoms with Gasteiger partial charge in [0.05, 0.1) is 0 Å². The molecule has 8 heteroatoms. The second-order valence-corrected chi connectivity index (χ2v) is 2.94. The molecular weight excluding hydrogens is 226 g/mol. The van der Waals surface area contributed by atoms with Crippen LogP contribution in [0.3, 0.4) is 0 Å². The Morgan fingerprint density at radius 1 is 1.20 bits per heavy atom. The van der Waals surface area contributed by atoms with Crippen LogP contribution in [0.4, 0.5) is 26.3 Å². The van der Waals surface area contributed by atoms with Crippen molar-refractivity contribution in [3.63, 3.8) is 0 Å². The number of hydrogen-bond donors (Lipinski definition) is 0. The van der Waals surface area contributed by atoms with Crippen LogP contribution in [-0.4, -0.2) is 16.0 Å². The second kappa shape index (κ2) is 3.42. The first-order valence-electron chi connectivity index (χ1n) is 3.78. The number of aryl methyl sites for hydroxylation is 1. The van der Waals surface area contributed by atoms with E-state index in [0.29, 0.717) is 6.07 Å². The summed E-state index contributed by atoms with van der Waals surface area (Å²) in [7, 11) is 0. The summed E-state index contributed by atoms with van der Waals surface area (Å²) in [5.74, 6) is 0. The van der Waals surface area contributed by atoms with Crippen LogP contribution < -0.4 is 0 Å². The van der Waals surface area contributed by atoms with Crippen molar-refractivity contribution >= 4 is 0 Å². The highest BCUT2D eigenvalue weighted by Gasteiger charge is 2.36. The largest absolute Gasteiger partial charge is 0.435 e. The maximum Gasteiger partial charge on any atom is 0.435 e. The third-order valence-electron chi connectivity index (χ3n) is 1.60. The third-order valence-corrected chi connectivity index (χ3v) is 1.60. The number of alkyl halides is 6. The molecule has 1 aromatic rings. The van der Waals surface area contributed by atoms with Gasteiger partial charge in [0.1, 0.15) is 6.54 Å². The first-order chi connectivity index (χ1) is 6.59. The topological polar surface area (TPSA) is 17.8 Å². The van der Waals surface area contributed by atoms with Gasteiger partial charge in [-0.2, -0.15) is 31.4 Å². The SMILES string of the molecule is Cc1cc(C(F)(F)F)nn1CC(F)(F)F. The summed E-state index contributed by atoms with van der Waals surface area (Å²) in [5, 5.41) is 2.84. The summed E-state index contributed by atoms with van der Waals surface area (Å²) in [6, 6.07) is 0.575. The molecule has 0 bridgehead atoms. The van der Waals surface area contributed by atoms with Crippen LogP contribution in [0.25, 0.3) is 0 Å². The fraction of sp³-hybridized carbons (Fsp3) is 0.571. The van der Waals surface area contributed by atoms with E-state index in [1.165, 1.54) is 0 Å². The maximum absolute atomic E-state index is 12.1. The first kappa shape index (κ1) is 11.9. The van der Waals surface area contributed by atoms with Gasteiger partial charge in [0.2, 0.25) is 0 Å². The lowest BCUT2D eigenvalue weighted by Gasteiger charge is -2.07. The normalized spacial score (nSPS) is 13.3. The van der Waals surface area contributed by atoms with Crippen LogP contribution in [0.5, 0.6) is 0 Å². The molecule has 0 amide bonds. The molecule has 0 fully saturated rings. The molecule has 1 rings (SSSR count). The van der Waals surface area contributed by atoms with Crippen LogP contribution in [0, 0.1) is 6.92 Å². The lowest BCUT2D eigenvalue weighted by Crippen LogP contribution is -2.20. The third kappa shape index (κ3) is 3.14. The van der Waals surface area contributed by atoms with Crippen LogP contribution in [-0.2, 0) is 12.7 Å². The average molecular weight is 232 g/mol. The van der Waals surface area contributed by atoms with Gasteiger partial charge in [-0.05, 0) is 13.0 Å². The molecule has 2 nitrogen and oxygen atoms in total. The molecule has 0 aliphatic rings. The zero-order valence-electron chi connectivity index (χ0n) is 7.45.